The molecule has 120 valence electrons. The molecule has 2 aromatic carbocycles. The SMILES string of the molecule is CCS(=O)(=O)ON(C(=O)c1ccccc1)C(=O)c1ccccc1. The van der Waals surface area contributed by atoms with Gasteiger partial charge in [-0.05, 0) is 31.2 Å². The highest BCUT2D eigenvalue weighted by Gasteiger charge is 2.29. The molecule has 0 spiro atoms. The van der Waals surface area contributed by atoms with Crippen LogP contribution in [0.25, 0.3) is 0 Å². The van der Waals surface area contributed by atoms with E-state index in [-0.39, 0.29) is 21.9 Å². The second-order valence-corrected chi connectivity index (χ2v) is 6.40. The third-order valence-electron chi connectivity index (χ3n) is 2.95. The van der Waals surface area contributed by atoms with Gasteiger partial charge in [-0.15, -0.1) is 9.35 Å². The predicted octanol–water partition coefficient (Wildman–Crippen LogP) is 2.25. The number of hydrogen-bond donors (Lipinski definition) is 0. The zero-order valence-electron chi connectivity index (χ0n) is 12.4. The first-order valence-electron chi connectivity index (χ1n) is 6.86. The zero-order chi connectivity index (χ0) is 16.9. The average Bonchev–Trinajstić information content (AvgIpc) is 2.60. The molecule has 7 heteroatoms. The molecule has 0 heterocycles. The number of amides is 2. The molecule has 0 aliphatic heterocycles. The van der Waals surface area contributed by atoms with E-state index in [0.29, 0.717) is 0 Å². The Labute approximate surface area is 134 Å². The van der Waals surface area contributed by atoms with Crippen LogP contribution < -0.4 is 0 Å². The van der Waals surface area contributed by atoms with Crippen molar-refractivity contribution in [3.05, 3.63) is 71.8 Å². The van der Waals surface area contributed by atoms with Crippen LogP contribution in [0.2, 0.25) is 0 Å². The minimum atomic E-state index is -4.04. The maximum absolute atomic E-state index is 12.5. The Kier molecular flexibility index (Phi) is 5.25. The zero-order valence-corrected chi connectivity index (χ0v) is 13.2. The fraction of sp³-hybridized carbons (Fsp3) is 0.125. The van der Waals surface area contributed by atoms with Crippen LogP contribution in [0.4, 0.5) is 0 Å². The van der Waals surface area contributed by atoms with Gasteiger partial charge in [0.25, 0.3) is 21.9 Å². The van der Waals surface area contributed by atoms with Crippen LogP contribution in [-0.4, -0.2) is 31.0 Å². The van der Waals surface area contributed by atoms with Crippen molar-refractivity contribution in [1.29, 1.82) is 0 Å². The fourth-order valence-electron chi connectivity index (χ4n) is 1.72. The molecule has 0 N–H and O–H groups in total. The maximum Gasteiger partial charge on any atom is 0.288 e. The predicted molar refractivity (Wildman–Crippen MR) is 83.9 cm³/mol. The normalized spacial score (nSPS) is 11.0. The summed E-state index contributed by atoms with van der Waals surface area (Å²) >= 11 is 0. The lowest BCUT2D eigenvalue weighted by Crippen LogP contribution is -2.39. The molecule has 0 aromatic heterocycles. The summed E-state index contributed by atoms with van der Waals surface area (Å²) in [5, 5.41) is 0.281. The number of imide groups is 1. The smallest absolute Gasteiger partial charge is 0.266 e. The molecule has 0 saturated heterocycles. The minimum Gasteiger partial charge on any atom is -0.266 e. The minimum absolute atomic E-state index is 0.142. The summed E-state index contributed by atoms with van der Waals surface area (Å²) in [6.45, 7) is 1.35. The van der Waals surface area contributed by atoms with Crippen LogP contribution in [-0.2, 0) is 14.4 Å². The molecule has 0 aliphatic rings. The Morgan fingerprint density at radius 3 is 1.61 bits per heavy atom. The van der Waals surface area contributed by atoms with Gasteiger partial charge in [0.1, 0.15) is 0 Å². The van der Waals surface area contributed by atoms with E-state index in [9.17, 15) is 18.0 Å². The standard InChI is InChI=1S/C16H15NO5S/c1-2-23(20,21)22-17(15(18)13-9-5-3-6-10-13)16(19)14-11-7-4-8-12-14/h3-12H,2H2,1H3. The van der Waals surface area contributed by atoms with E-state index in [1.165, 1.54) is 31.2 Å². The van der Waals surface area contributed by atoms with E-state index in [0.717, 1.165) is 0 Å². The van der Waals surface area contributed by atoms with Crippen LogP contribution in [0.1, 0.15) is 27.6 Å². The van der Waals surface area contributed by atoms with E-state index in [4.69, 9.17) is 4.28 Å². The average molecular weight is 333 g/mol. The lowest BCUT2D eigenvalue weighted by molar-refractivity contribution is -0.0147. The molecule has 2 rings (SSSR count). The largest absolute Gasteiger partial charge is 0.288 e. The van der Waals surface area contributed by atoms with E-state index in [1.54, 1.807) is 36.4 Å². The highest BCUT2D eigenvalue weighted by atomic mass is 32.2. The molecular weight excluding hydrogens is 318 g/mol. The van der Waals surface area contributed by atoms with Gasteiger partial charge in [-0.25, -0.2) is 0 Å². The summed E-state index contributed by atoms with van der Waals surface area (Å²) in [7, 11) is -4.04. The van der Waals surface area contributed by atoms with Crippen molar-refractivity contribution >= 4 is 21.9 Å². The van der Waals surface area contributed by atoms with E-state index in [1.807, 2.05) is 0 Å². The Morgan fingerprint density at radius 2 is 1.26 bits per heavy atom. The van der Waals surface area contributed by atoms with Crippen LogP contribution in [0, 0.1) is 0 Å². The Bertz CT molecular complexity index is 736. The van der Waals surface area contributed by atoms with Crippen molar-refractivity contribution < 1.29 is 22.3 Å². The van der Waals surface area contributed by atoms with Crippen molar-refractivity contribution in [3.8, 4) is 0 Å². The molecule has 0 fully saturated rings. The molecule has 0 aliphatic carbocycles. The van der Waals surface area contributed by atoms with Gasteiger partial charge >= 0.3 is 0 Å². The van der Waals surface area contributed by atoms with Gasteiger partial charge in [0.05, 0.1) is 5.75 Å². The molecule has 6 nitrogen and oxygen atoms in total. The molecular formula is C16H15NO5S. The van der Waals surface area contributed by atoms with Gasteiger partial charge in [0, 0.05) is 11.1 Å². The molecule has 0 saturated carbocycles. The van der Waals surface area contributed by atoms with E-state index < -0.39 is 21.9 Å². The van der Waals surface area contributed by atoms with Crippen LogP contribution in [0.5, 0.6) is 0 Å². The van der Waals surface area contributed by atoms with Gasteiger partial charge < -0.3 is 0 Å². The van der Waals surface area contributed by atoms with Crippen molar-refractivity contribution in [3.63, 3.8) is 0 Å². The Balaban J connectivity index is 2.40. The monoisotopic (exact) mass is 333 g/mol. The van der Waals surface area contributed by atoms with E-state index >= 15 is 0 Å². The fourth-order valence-corrected chi connectivity index (χ4v) is 2.19. The van der Waals surface area contributed by atoms with Gasteiger partial charge in [-0.1, -0.05) is 36.4 Å². The lowest BCUT2D eigenvalue weighted by atomic mass is 10.2. The highest BCUT2D eigenvalue weighted by Crippen LogP contribution is 2.13. The summed E-state index contributed by atoms with van der Waals surface area (Å²) in [4.78, 5) is 24.9. The van der Waals surface area contributed by atoms with Crippen LogP contribution in [0.15, 0.2) is 60.7 Å². The van der Waals surface area contributed by atoms with Gasteiger partial charge in [0.15, 0.2) is 0 Å². The highest BCUT2D eigenvalue weighted by molar-refractivity contribution is 7.86. The molecule has 2 aromatic rings. The van der Waals surface area contributed by atoms with Crippen molar-refractivity contribution in [2.24, 2.45) is 0 Å². The molecule has 0 atom stereocenters. The summed E-state index contributed by atoms with van der Waals surface area (Å²) in [6, 6.07) is 15.7. The van der Waals surface area contributed by atoms with Gasteiger partial charge in [-0.2, -0.15) is 8.42 Å². The van der Waals surface area contributed by atoms with Crippen LogP contribution >= 0.6 is 0 Å². The second-order valence-electron chi connectivity index (χ2n) is 4.56. The number of nitrogens with zero attached hydrogens (tertiary/aromatic N) is 1. The summed E-state index contributed by atoms with van der Waals surface area (Å²) in [6.07, 6.45) is 0. The summed E-state index contributed by atoms with van der Waals surface area (Å²) in [5.74, 6) is -2.07. The maximum atomic E-state index is 12.5. The third kappa shape index (κ3) is 4.24. The first kappa shape index (κ1) is 16.9. The molecule has 0 bridgehead atoms. The molecule has 0 unspecified atom stereocenters. The van der Waals surface area contributed by atoms with Crippen molar-refractivity contribution in [1.82, 2.24) is 5.06 Å². The molecule has 0 radical (unpaired) electrons. The first-order chi connectivity index (χ1) is 10.9. The number of carbonyl (C=O) groups excluding carboxylic acids is 2. The van der Waals surface area contributed by atoms with Gasteiger partial charge in [-0.3, -0.25) is 9.59 Å². The number of hydroxylamine groups is 2. The third-order valence-corrected chi connectivity index (χ3v) is 4.04. The summed E-state index contributed by atoms with van der Waals surface area (Å²) in [5.41, 5.74) is 0.283. The second kappa shape index (κ2) is 7.17. The Hall–Kier alpha value is -2.51. The topological polar surface area (TPSA) is 80.8 Å². The number of benzene rings is 2. The van der Waals surface area contributed by atoms with E-state index in [2.05, 4.69) is 0 Å². The summed E-state index contributed by atoms with van der Waals surface area (Å²) < 4.78 is 28.2. The molecule has 23 heavy (non-hydrogen) atoms. The number of hydrogen-bond acceptors (Lipinski definition) is 5. The lowest BCUT2D eigenvalue weighted by Gasteiger charge is -2.19. The van der Waals surface area contributed by atoms with Crippen LogP contribution in [0.3, 0.4) is 0 Å². The number of rotatable bonds is 5. The Morgan fingerprint density at radius 1 is 0.870 bits per heavy atom. The number of carbonyl (C=O) groups is 2. The quantitative estimate of drug-likeness (QED) is 0.619. The van der Waals surface area contributed by atoms with Gasteiger partial charge in [0.2, 0.25) is 0 Å². The first-order valence-corrected chi connectivity index (χ1v) is 8.43. The van der Waals surface area contributed by atoms with Crippen molar-refractivity contribution in [2.45, 2.75) is 6.92 Å². The van der Waals surface area contributed by atoms with Crippen molar-refractivity contribution in [2.75, 3.05) is 5.75 Å². The molecule has 2 amide bonds.